The molecule has 0 aromatic carbocycles. The highest BCUT2D eigenvalue weighted by atomic mass is 16.6. The molecule has 0 aliphatic carbocycles. The van der Waals surface area contributed by atoms with Crippen molar-refractivity contribution < 1.29 is 24.9 Å². The molecule has 4 atom stereocenters. The Bertz CT molecular complexity index is 453. The number of rotatable bonds is 3. The number of nitrogens with two attached hydrogens (primary N) is 1. The standard InChI is InChI=1S/C11H14N2O5/c12-11(17)6-3-1-2-5(13-6)10-9(16)8(15)7(4-14)18-10/h1-3,7-10,14-16H,4H2,(H2,12,17)/t7-,8-,9-,10-/m1/s1. The van der Waals surface area contributed by atoms with Crippen LogP contribution in [-0.2, 0) is 4.74 Å². The van der Waals surface area contributed by atoms with E-state index >= 15 is 0 Å². The Morgan fingerprint density at radius 2 is 2.11 bits per heavy atom. The average molecular weight is 254 g/mol. The molecule has 0 spiro atoms. The molecule has 98 valence electrons. The van der Waals surface area contributed by atoms with Crippen LogP contribution in [-0.4, -0.2) is 51.1 Å². The summed E-state index contributed by atoms with van der Waals surface area (Å²) >= 11 is 0. The van der Waals surface area contributed by atoms with Gasteiger partial charge < -0.3 is 25.8 Å². The van der Waals surface area contributed by atoms with E-state index in [-0.39, 0.29) is 11.4 Å². The van der Waals surface area contributed by atoms with E-state index in [9.17, 15) is 15.0 Å². The Morgan fingerprint density at radius 3 is 2.67 bits per heavy atom. The van der Waals surface area contributed by atoms with Crippen LogP contribution in [0.2, 0.25) is 0 Å². The van der Waals surface area contributed by atoms with Gasteiger partial charge in [0.1, 0.15) is 30.1 Å². The second-order valence-corrected chi connectivity index (χ2v) is 4.07. The first-order valence-electron chi connectivity index (χ1n) is 5.43. The topological polar surface area (TPSA) is 126 Å². The van der Waals surface area contributed by atoms with Gasteiger partial charge in [0.2, 0.25) is 0 Å². The smallest absolute Gasteiger partial charge is 0.267 e. The van der Waals surface area contributed by atoms with Crippen molar-refractivity contribution in [1.29, 1.82) is 0 Å². The second kappa shape index (κ2) is 4.99. The summed E-state index contributed by atoms with van der Waals surface area (Å²) in [6, 6.07) is 4.54. The van der Waals surface area contributed by atoms with E-state index in [0.29, 0.717) is 0 Å². The molecule has 1 amide bonds. The molecule has 1 aliphatic heterocycles. The molecule has 1 aromatic heterocycles. The fourth-order valence-corrected chi connectivity index (χ4v) is 1.89. The molecule has 7 nitrogen and oxygen atoms in total. The Labute approximate surface area is 103 Å². The second-order valence-electron chi connectivity index (χ2n) is 4.07. The molecule has 0 saturated carbocycles. The van der Waals surface area contributed by atoms with Crippen LogP contribution in [0.15, 0.2) is 18.2 Å². The third kappa shape index (κ3) is 2.21. The largest absolute Gasteiger partial charge is 0.394 e. The highest BCUT2D eigenvalue weighted by Crippen LogP contribution is 2.32. The number of carbonyl (C=O) groups excluding carboxylic acids is 1. The van der Waals surface area contributed by atoms with Gasteiger partial charge in [-0.3, -0.25) is 4.79 Å². The van der Waals surface area contributed by atoms with Crippen LogP contribution in [0.3, 0.4) is 0 Å². The molecule has 1 saturated heterocycles. The molecule has 7 heteroatoms. The van der Waals surface area contributed by atoms with E-state index < -0.39 is 36.9 Å². The number of nitrogens with zero attached hydrogens (tertiary/aromatic N) is 1. The zero-order valence-corrected chi connectivity index (χ0v) is 9.43. The fraction of sp³-hybridized carbons (Fsp3) is 0.455. The molecule has 5 N–H and O–H groups in total. The van der Waals surface area contributed by atoms with Gasteiger partial charge in [0.05, 0.1) is 12.3 Å². The van der Waals surface area contributed by atoms with E-state index in [4.69, 9.17) is 15.6 Å². The lowest BCUT2D eigenvalue weighted by molar-refractivity contribution is -0.0239. The first kappa shape index (κ1) is 12.9. The van der Waals surface area contributed by atoms with E-state index in [1.54, 1.807) is 12.1 Å². The summed E-state index contributed by atoms with van der Waals surface area (Å²) in [6.07, 6.45) is -4.17. The lowest BCUT2D eigenvalue weighted by Crippen LogP contribution is -2.32. The molecule has 0 radical (unpaired) electrons. The number of amides is 1. The lowest BCUT2D eigenvalue weighted by atomic mass is 10.1. The summed E-state index contributed by atoms with van der Waals surface area (Å²) in [6.45, 7) is -0.412. The number of aromatic nitrogens is 1. The third-order valence-corrected chi connectivity index (χ3v) is 2.86. The van der Waals surface area contributed by atoms with Gasteiger partial charge in [-0.25, -0.2) is 4.98 Å². The first-order valence-corrected chi connectivity index (χ1v) is 5.43. The normalized spacial score (nSPS) is 31.5. The van der Waals surface area contributed by atoms with Gasteiger partial charge in [-0.05, 0) is 12.1 Å². The summed E-state index contributed by atoms with van der Waals surface area (Å²) in [5.74, 6) is -0.691. The van der Waals surface area contributed by atoms with Gasteiger partial charge >= 0.3 is 0 Å². The number of carbonyl (C=O) groups is 1. The summed E-state index contributed by atoms with van der Waals surface area (Å²) in [5.41, 5.74) is 5.44. The average Bonchev–Trinajstić information content (AvgIpc) is 2.66. The number of aliphatic hydroxyl groups excluding tert-OH is 3. The lowest BCUT2D eigenvalue weighted by Gasteiger charge is -2.14. The molecular formula is C11H14N2O5. The van der Waals surface area contributed by atoms with Crippen molar-refractivity contribution in [2.45, 2.75) is 24.4 Å². The molecule has 18 heavy (non-hydrogen) atoms. The van der Waals surface area contributed by atoms with Crippen molar-refractivity contribution in [1.82, 2.24) is 4.98 Å². The number of aliphatic hydroxyl groups is 3. The molecular weight excluding hydrogens is 240 g/mol. The van der Waals surface area contributed by atoms with Gasteiger partial charge in [0.25, 0.3) is 5.91 Å². The summed E-state index contributed by atoms with van der Waals surface area (Å²) in [5, 5.41) is 28.4. The summed E-state index contributed by atoms with van der Waals surface area (Å²) in [7, 11) is 0. The third-order valence-electron chi connectivity index (χ3n) is 2.86. The van der Waals surface area contributed by atoms with Crippen molar-refractivity contribution in [3.05, 3.63) is 29.6 Å². The summed E-state index contributed by atoms with van der Waals surface area (Å²) < 4.78 is 5.29. The van der Waals surface area contributed by atoms with Crippen LogP contribution < -0.4 is 5.73 Å². The van der Waals surface area contributed by atoms with Crippen molar-refractivity contribution in [3.8, 4) is 0 Å². The van der Waals surface area contributed by atoms with E-state index in [1.165, 1.54) is 6.07 Å². The van der Waals surface area contributed by atoms with E-state index in [1.807, 2.05) is 0 Å². The molecule has 1 aliphatic rings. The minimum Gasteiger partial charge on any atom is -0.394 e. The molecule has 2 rings (SSSR count). The van der Waals surface area contributed by atoms with Gasteiger partial charge in [-0.2, -0.15) is 0 Å². The van der Waals surface area contributed by atoms with Crippen molar-refractivity contribution in [2.24, 2.45) is 5.73 Å². The maximum atomic E-state index is 11.0. The Morgan fingerprint density at radius 1 is 1.39 bits per heavy atom. The van der Waals surface area contributed by atoms with Crippen molar-refractivity contribution in [2.75, 3.05) is 6.61 Å². The van der Waals surface area contributed by atoms with Gasteiger partial charge in [-0.15, -0.1) is 0 Å². The van der Waals surface area contributed by atoms with Gasteiger partial charge in [0.15, 0.2) is 0 Å². The summed E-state index contributed by atoms with van der Waals surface area (Å²) in [4.78, 5) is 15.0. The number of primary amides is 1. The van der Waals surface area contributed by atoms with Crippen LogP contribution in [0.1, 0.15) is 22.3 Å². The van der Waals surface area contributed by atoms with Crippen LogP contribution in [0.4, 0.5) is 0 Å². The molecule has 2 heterocycles. The Kier molecular flexibility index (Phi) is 3.58. The van der Waals surface area contributed by atoms with Crippen LogP contribution in [0.5, 0.6) is 0 Å². The minimum absolute atomic E-state index is 0.0465. The van der Waals surface area contributed by atoms with Gasteiger partial charge in [-0.1, -0.05) is 6.07 Å². The number of hydrogen-bond acceptors (Lipinski definition) is 6. The number of ether oxygens (including phenoxy) is 1. The molecule has 0 unspecified atom stereocenters. The van der Waals surface area contributed by atoms with Gasteiger partial charge in [0, 0.05) is 0 Å². The quantitative estimate of drug-likeness (QED) is 0.511. The zero-order chi connectivity index (χ0) is 13.3. The SMILES string of the molecule is NC(=O)c1cccc([C@H]2O[C@H](CO)[C@@H](O)[C@H]2O)n1. The van der Waals surface area contributed by atoms with Crippen LogP contribution >= 0.6 is 0 Å². The van der Waals surface area contributed by atoms with E-state index in [2.05, 4.69) is 4.98 Å². The van der Waals surface area contributed by atoms with Crippen molar-refractivity contribution in [3.63, 3.8) is 0 Å². The Hall–Kier alpha value is -1.54. The molecule has 0 bridgehead atoms. The Balaban J connectivity index is 2.27. The highest BCUT2D eigenvalue weighted by molar-refractivity contribution is 5.90. The highest BCUT2D eigenvalue weighted by Gasteiger charge is 2.43. The van der Waals surface area contributed by atoms with Crippen LogP contribution in [0, 0.1) is 0 Å². The fourth-order valence-electron chi connectivity index (χ4n) is 1.89. The number of hydrogen-bond donors (Lipinski definition) is 4. The predicted molar refractivity (Wildman–Crippen MR) is 59.5 cm³/mol. The monoisotopic (exact) mass is 254 g/mol. The molecule has 1 fully saturated rings. The van der Waals surface area contributed by atoms with E-state index in [0.717, 1.165) is 0 Å². The maximum Gasteiger partial charge on any atom is 0.267 e. The predicted octanol–water partition coefficient (Wildman–Crippen LogP) is -1.67. The van der Waals surface area contributed by atoms with Crippen molar-refractivity contribution >= 4 is 5.91 Å². The molecule has 1 aromatic rings. The maximum absolute atomic E-state index is 11.0. The first-order chi connectivity index (χ1) is 8.54. The zero-order valence-electron chi connectivity index (χ0n) is 9.43. The number of pyridine rings is 1. The minimum atomic E-state index is -1.21. The van der Waals surface area contributed by atoms with Crippen LogP contribution in [0.25, 0.3) is 0 Å².